The van der Waals surface area contributed by atoms with Gasteiger partial charge in [0.25, 0.3) is 5.91 Å². The van der Waals surface area contributed by atoms with Crippen LogP contribution in [0.25, 0.3) is 0 Å². The normalized spacial score (nSPS) is 16.2. The number of hydrogen-bond acceptors (Lipinski definition) is 5. The Kier molecular flexibility index (Phi) is 3.81. The van der Waals surface area contributed by atoms with Crippen LogP contribution in [0, 0.1) is 0 Å². The van der Waals surface area contributed by atoms with Gasteiger partial charge in [-0.3, -0.25) is 4.79 Å². The quantitative estimate of drug-likeness (QED) is 0.653. The molecule has 4 N–H and O–H groups in total. The number of aliphatic hydroxyl groups is 2. The summed E-state index contributed by atoms with van der Waals surface area (Å²) in [5, 5.41) is 18.3. The topological polar surface area (TPSA) is 96.0 Å². The second-order valence-electron chi connectivity index (χ2n) is 4.14. The summed E-state index contributed by atoms with van der Waals surface area (Å²) in [6, 6.07) is 5.34. The van der Waals surface area contributed by atoms with E-state index in [0.717, 1.165) is 5.56 Å². The summed E-state index contributed by atoms with van der Waals surface area (Å²) in [5.41, 5.74) is 7.01. The molecule has 0 saturated carbocycles. The molecule has 0 aromatic heterocycles. The van der Waals surface area contributed by atoms with E-state index in [1.165, 1.54) is 4.90 Å². The monoisotopic (exact) mass is 252 g/mol. The smallest absolute Gasteiger partial charge is 0.265 e. The summed E-state index contributed by atoms with van der Waals surface area (Å²) in [7, 11) is 0. The maximum Gasteiger partial charge on any atom is 0.265 e. The number of benzene rings is 1. The van der Waals surface area contributed by atoms with Crippen molar-refractivity contribution in [3.63, 3.8) is 0 Å². The third-order valence-electron chi connectivity index (χ3n) is 2.81. The summed E-state index contributed by atoms with van der Waals surface area (Å²) >= 11 is 0. The Balaban J connectivity index is 2.32. The van der Waals surface area contributed by atoms with E-state index < -0.39 is 12.7 Å². The lowest BCUT2D eigenvalue weighted by Crippen LogP contribution is -2.44. The summed E-state index contributed by atoms with van der Waals surface area (Å²) in [5.74, 6) is 0.334. The number of amides is 1. The van der Waals surface area contributed by atoms with Crippen LogP contribution in [-0.2, 0) is 11.3 Å². The first-order chi connectivity index (χ1) is 8.65. The summed E-state index contributed by atoms with van der Waals surface area (Å²) in [6.07, 6.45) is -0.971. The van der Waals surface area contributed by atoms with Crippen molar-refractivity contribution in [1.29, 1.82) is 0 Å². The predicted octanol–water partition coefficient (Wildman–Crippen LogP) is -0.776. The highest BCUT2D eigenvalue weighted by Crippen LogP contribution is 2.32. The Hall–Kier alpha value is -1.63. The van der Waals surface area contributed by atoms with Crippen LogP contribution in [0.2, 0.25) is 0 Å². The highest BCUT2D eigenvalue weighted by Gasteiger charge is 2.27. The van der Waals surface area contributed by atoms with Crippen LogP contribution in [0.3, 0.4) is 0 Å². The second-order valence-corrected chi connectivity index (χ2v) is 4.14. The molecule has 1 aromatic carbocycles. The molecule has 0 fully saturated rings. The van der Waals surface area contributed by atoms with Gasteiger partial charge in [0.05, 0.1) is 24.9 Å². The minimum atomic E-state index is -0.971. The van der Waals surface area contributed by atoms with Crippen LogP contribution in [0.5, 0.6) is 5.75 Å². The molecular weight excluding hydrogens is 236 g/mol. The maximum absolute atomic E-state index is 11.8. The third kappa shape index (κ3) is 2.45. The third-order valence-corrected chi connectivity index (χ3v) is 2.81. The van der Waals surface area contributed by atoms with Crippen molar-refractivity contribution in [3.8, 4) is 5.75 Å². The first-order valence-corrected chi connectivity index (χ1v) is 5.70. The first-order valence-electron chi connectivity index (χ1n) is 5.70. The molecule has 1 aliphatic heterocycles. The van der Waals surface area contributed by atoms with E-state index in [9.17, 15) is 9.90 Å². The van der Waals surface area contributed by atoms with Crippen molar-refractivity contribution >= 4 is 11.6 Å². The van der Waals surface area contributed by atoms with Gasteiger partial charge in [-0.05, 0) is 17.7 Å². The predicted molar refractivity (Wildman–Crippen MR) is 65.3 cm³/mol. The van der Waals surface area contributed by atoms with Gasteiger partial charge in [-0.25, -0.2) is 0 Å². The number of hydrogen-bond donors (Lipinski definition) is 3. The molecule has 1 amide bonds. The lowest BCUT2D eigenvalue weighted by Gasteiger charge is -2.30. The Morgan fingerprint density at radius 3 is 2.94 bits per heavy atom. The number of carbonyl (C=O) groups is 1. The van der Waals surface area contributed by atoms with Crippen molar-refractivity contribution < 1.29 is 19.7 Å². The van der Waals surface area contributed by atoms with Crippen LogP contribution < -0.4 is 15.4 Å². The van der Waals surface area contributed by atoms with E-state index in [4.69, 9.17) is 15.6 Å². The van der Waals surface area contributed by atoms with E-state index in [0.29, 0.717) is 18.0 Å². The Morgan fingerprint density at radius 2 is 2.28 bits per heavy atom. The fourth-order valence-corrected chi connectivity index (χ4v) is 1.84. The molecule has 0 bridgehead atoms. The number of fused-ring (bicyclic) bond motifs is 1. The van der Waals surface area contributed by atoms with Gasteiger partial charge in [0.15, 0.2) is 6.61 Å². The van der Waals surface area contributed by atoms with Crippen molar-refractivity contribution in [1.82, 2.24) is 0 Å². The van der Waals surface area contributed by atoms with Crippen LogP contribution in [-0.4, -0.2) is 42.0 Å². The van der Waals surface area contributed by atoms with Gasteiger partial charge in [-0.15, -0.1) is 0 Å². The average molecular weight is 252 g/mol. The lowest BCUT2D eigenvalue weighted by molar-refractivity contribution is -0.121. The maximum atomic E-state index is 11.8. The van der Waals surface area contributed by atoms with Crippen LogP contribution in [0.1, 0.15) is 5.56 Å². The van der Waals surface area contributed by atoms with Crippen molar-refractivity contribution in [3.05, 3.63) is 23.8 Å². The van der Waals surface area contributed by atoms with E-state index in [2.05, 4.69) is 0 Å². The molecule has 1 aliphatic rings. The SMILES string of the molecule is NCc1ccc2c(c1)N(CC(O)CO)C(=O)CO2. The first kappa shape index (κ1) is 12.8. The molecule has 0 saturated heterocycles. The molecule has 0 spiro atoms. The zero-order valence-electron chi connectivity index (χ0n) is 9.87. The molecule has 6 nitrogen and oxygen atoms in total. The molecule has 1 aromatic rings. The summed E-state index contributed by atoms with van der Waals surface area (Å²) < 4.78 is 5.30. The van der Waals surface area contributed by atoms with Gasteiger partial charge in [-0.2, -0.15) is 0 Å². The van der Waals surface area contributed by atoms with Gasteiger partial charge >= 0.3 is 0 Å². The minimum absolute atomic E-state index is 0.0414. The number of nitrogens with zero attached hydrogens (tertiary/aromatic N) is 1. The summed E-state index contributed by atoms with van der Waals surface area (Å²) in [6.45, 7) is -0.0543. The standard InChI is InChI=1S/C12H16N2O4/c13-4-8-1-2-11-10(3-8)14(5-9(16)6-15)12(17)7-18-11/h1-3,9,15-16H,4-7,13H2. The van der Waals surface area contributed by atoms with Crippen LogP contribution in [0.15, 0.2) is 18.2 Å². The van der Waals surface area contributed by atoms with Gasteiger partial charge in [0.1, 0.15) is 5.75 Å². The number of anilines is 1. The van der Waals surface area contributed by atoms with Gasteiger partial charge < -0.3 is 25.6 Å². The zero-order chi connectivity index (χ0) is 13.1. The Bertz CT molecular complexity index is 450. The fraction of sp³-hybridized carbons (Fsp3) is 0.417. The van der Waals surface area contributed by atoms with Gasteiger partial charge in [0.2, 0.25) is 0 Å². The molecular formula is C12H16N2O4. The zero-order valence-corrected chi connectivity index (χ0v) is 9.87. The molecule has 1 heterocycles. The number of nitrogens with two attached hydrogens (primary N) is 1. The highest BCUT2D eigenvalue weighted by molar-refractivity contribution is 5.98. The number of β-amino-alcohol motifs (C(OH)–C–C–N with tert-alkyl or cyclic N) is 1. The molecule has 0 radical (unpaired) electrons. The Morgan fingerprint density at radius 1 is 1.50 bits per heavy atom. The van der Waals surface area contributed by atoms with E-state index in [1.807, 2.05) is 6.07 Å². The van der Waals surface area contributed by atoms with E-state index in [1.54, 1.807) is 12.1 Å². The van der Waals surface area contributed by atoms with E-state index >= 15 is 0 Å². The van der Waals surface area contributed by atoms with Gasteiger partial charge in [0, 0.05) is 6.54 Å². The molecule has 98 valence electrons. The number of aliphatic hydroxyl groups excluding tert-OH is 2. The molecule has 18 heavy (non-hydrogen) atoms. The Labute approximate surface area is 105 Å². The molecule has 6 heteroatoms. The lowest BCUT2D eigenvalue weighted by atomic mass is 10.1. The largest absolute Gasteiger partial charge is 0.482 e. The second kappa shape index (κ2) is 5.34. The van der Waals surface area contributed by atoms with Crippen LogP contribution in [0.4, 0.5) is 5.69 Å². The van der Waals surface area contributed by atoms with Gasteiger partial charge in [-0.1, -0.05) is 6.07 Å². The van der Waals surface area contributed by atoms with Crippen LogP contribution >= 0.6 is 0 Å². The van der Waals surface area contributed by atoms with Crippen molar-refractivity contribution in [2.75, 3.05) is 24.7 Å². The fourth-order valence-electron chi connectivity index (χ4n) is 1.84. The molecule has 0 aliphatic carbocycles. The number of ether oxygens (including phenoxy) is 1. The average Bonchev–Trinajstić information content (AvgIpc) is 2.41. The van der Waals surface area contributed by atoms with Crippen molar-refractivity contribution in [2.24, 2.45) is 5.73 Å². The molecule has 2 rings (SSSR count). The molecule has 1 unspecified atom stereocenters. The van der Waals surface area contributed by atoms with Crippen molar-refractivity contribution in [2.45, 2.75) is 12.6 Å². The number of rotatable bonds is 4. The summed E-state index contributed by atoms with van der Waals surface area (Å²) in [4.78, 5) is 13.2. The number of carbonyl (C=O) groups excluding carboxylic acids is 1. The highest BCUT2D eigenvalue weighted by atomic mass is 16.5. The molecule has 1 atom stereocenters. The van der Waals surface area contributed by atoms with E-state index in [-0.39, 0.29) is 19.1 Å². The minimum Gasteiger partial charge on any atom is -0.482 e.